The largest absolute Gasteiger partial charge is 0.329 e. The first kappa shape index (κ1) is 26.2. The number of carbonyl (C=O) groups is 3. The van der Waals surface area contributed by atoms with Gasteiger partial charge in [0.05, 0.1) is 22.4 Å². The molecule has 1 unspecified atom stereocenters. The number of hydrogen-bond donors (Lipinski definition) is 1. The lowest BCUT2D eigenvalue weighted by Gasteiger charge is -2.57. The van der Waals surface area contributed by atoms with Crippen molar-refractivity contribution >= 4 is 33.4 Å². The SMILES string of the molecule is Cc1ccc(N2C(=O)CC(N(CCc3ccc(S(N)(=O)=O)cc3)C(=O)C34CC5CC(CC(C5)C3)C4)C2=O)cc1. The normalized spacial score (nSPS) is 29.7. The number of primary sulfonamides is 1. The average Bonchev–Trinajstić information content (AvgIpc) is 3.17. The molecule has 0 spiro atoms. The summed E-state index contributed by atoms with van der Waals surface area (Å²) in [7, 11) is -3.80. The van der Waals surface area contributed by atoms with Crippen molar-refractivity contribution in [2.24, 2.45) is 28.3 Å². The lowest BCUT2D eigenvalue weighted by atomic mass is 9.49. The lowest BCUT2D eigenvalue weighted by Crippen LogP contribution is -2.58. The van der Waals surface area contributed by atoms with E-state index in [9.17, 15) is 22.8 Å². The number of nitrogens with zero attached hydrogens (tertiary/aromatic N) is 2. The molecule has 1 aliphatic heterocycles. The number of aryl methyl sites for hydroxylation is 1. The molecule has 206 valence electrons. The molecule has 4 saturated carbocycles. The van der Waals surface area contributed by atoms with Crippen LogP contribution in [-0.4, -0.2) is 43.6 Å². The molecule has 8 nitrogen and oxygen atoms in total. The smallest absolute Gasteiger partial charge is 0.257 e. The number of sulfonamides is 1. The molecule has 1 saturated heterocycles. The summed E-state index contributed by atoms with van der Waals surface area (Å²) in [5.74, 6) is 1.06. The predicted molar refractivity (Wildman–Crippen MR) is 146 cm³/mol. The highest BCUT2D eigenvalue weighted by atomic mass is 32.2. The predicted octanol–water partition coefficient (Wildman–Crippen LogP) is 3.56. The van der Waals surface area contributed by atoms with Crippen LogP contribution in [0.5, 0.6) is 0 Å². The van der Waals surface area contributed by atoms with Gasteiger partial charge in [-0.1, -0.05) is 29.8 Å². The molecule has 4 aliphatic carbocycles. The Kier molecular flexibility index (Phi) is 6.42. The molecule has 1 atom stereocenters. The van der Waals surface area contributed by atoms with Gasteiger partial charge in [0.2, 0.25) is 21.8 Å². The van der Waals surface area contributed by atoms with Crippen LogP contribution in [0.25, 0.3) is 0 Å². The van der Waals surface area contributed by atoms with Gasteiger partial charge in [0.1, 0.15) is 6.04 Å². The molecular weight excluding hydrogens is 514 g/mol. The van der Waals surface area contributed by atoms with Crippen molar-refractivity contribution in [2.45, 2.75) is 69.2 Å². The summed E-state index contributed by atoms with van der Waals surface area (Å²) in [6.07, 6.45) is 6.61. The third-order valence-electron chi connectivity index (χ3n) is 9.44. The summed E-state index contributed by atoms with van der Waals surface area (Å²) in [5.41, 5.74) is 1.94. The van der Waals surface area contributed by atoms with Gasteiger partial charge in [-0.15, -0.1) is 0 Å². The second-order valence-electron chi connectivity index (χ2n) is 12.3. The molecule has 5 fully saturated rings. The zero-order valence-electron chi connectivity index (χ0n) is 22.2. The van der Waals surface area contributed by atoms with Crippen LogP contribution < -0.4 is 10.0 Å². The van der Waals surface area contributed by atoms with E-state index in [-0.39, 0.29) is 35.6 Å². The third-order valence-corrected chi connectivity index (χ3v) is 10.4. The average molecular weight is 550 g/mol. The van der Waals surface area contributed by atoms with Gasteiger partial charge >= 0.3 is 0 Å². The van der Waals surface area contributed by atoms with Gasteiger partial charge in [0.15, 0.2) is 0 Å². The highest BCUT2D eigenvalue weighted by Crippen LogP contribution is 2.60. The second kappa shape index (κ2) is 9.55. The monoisotopic (exact) mass is 549 g/mol. The van der Waals surface area contributed by atoms with Crippen LogP contribution in [0, 0.1) is 30.1 Å². The van der Waals surface area contributed by atoms with Crippen LogP contribution in [0.4, 0.5) is 5.69 Å². The van der Waals surface area contributed by atoms with Gasteiger partial charge in [0.25, 0.3) is 5.91 Å². The van der Waals surface area contributed by atoms with E-state index in [1.54, 1.807) is 29.2 Å². The molecule has 0 radical (unpaired) electrons. The number of anilines is 1. The van der Waals surface area contributed by atoms with Crippen LogP contribution in [0.1, 0.15) is 56.1 Å². The van der Waals surface area contributed by atoms with E-state index in [1.807, 2.05) is 19.1 Å². The lowest BCUT2D eigenvalue weighted by molar-refractivity contribution is -0.161. The fourth-order valence-electron chi connectivity index (χ4n) is 8.00. The standard InChI is InChI=1S/C30H35N3O5S/c1-19-2-6-24(7-3-19)33-27(34)15-26(28(33)35)32(11-10-20-4-8-25(9-5-20)39(31,37)38)29(36)30-16-21-12-22(17-30)14-23(13-21)18-30/h2-9,21-23,26H,10-18H2,1H3,(H2,31,37,38). The number of amides is 3. The molecular formula is C30H35N3O5S. The van der Waals surface area contributed by atoms with Crippen molar-refractivity contribution in [3.05, 3.63) is 59.7 Å². The van der Waals surface area contributed by atoms with E-state index >= 15 is 0 Å². The van der Waals surface area contributed by atoms with Gasteiger partial charge < -0.3 is 4.90 Å². The van der Waals surface area contributed by atoms with Crippen LogP contribution in [0.2, 0.25) is 0 Å². The van der Waals surface area contributed by atoms with Crippen LogP contribution in [0.3, 0.4) is 0 Å². The van der Waals surface area contributed by atoms with Gasteiger partial charge in [-0.3, -0.25) is 14.4 Å². The summed E-state index contributed by atoms with van der Waals surface area (Å²) in [6.45, 7) is 2.22. The molecule has 4 bridgehead atoms. The van der Waals surface area contributed by atoms with E-state index < -0.39 is 21.5 Å². The number of carbonyl (C=O) groups excluding carboxylic acids is 3. The Bertz CT molecular complexity index is 1380. The maximum absolute atomic E-state index is 14.5. The zero-order chi connectivity index (χ0) is 27.5. The second-order valence-corrected chi connectivity index (χ2v) is 13.8. The molecule has 3 amide bonds. The number of benzene rings is 2. The molecule has 7 rings (SSSR count). The first-order chi connectivity index (χ1) is 18.5. The first-order valence-electron chi connectivity index (χ1n) is 13.9. The van der Waals surface area contributed by atoms with Gasteiger partial charge in [-0.25, -0.2) is 18.5 Å². The minimum Gasteiger partial charge on any atom is -0.329 e. The molecule has 2 aromatic carbocycles. The number of rotatable bonds is 7. The first-order valence-corrected chi connectivity index (χ1v) is 15.4. The third kappa shape index (κ3) is 4.80. The van der Waals surface area contributed by atoms with Crippen molar-refractivity contribution < 1.29 is 22.8 Å². The highest BCUT2D eigenvalue weighted by molar-refractivity contribution is 7.89. The van der Waals surface area contributed by atoms with E-state index in [0.29, 0.717) is 29.9 Å². The van der Waals surface area contributed by atoms with Crippen LogP contribution >= 0.6 is 0 Å². The fraction of sp³-hybridized carbons (Fsp3) is 0.500. The molecule has 2 N–H and O–H groups in total. The molecule has 9 heteroatoms. The highest BCUT2D eigenvalue weighted by Gasteiger charge is 2.57. The van der Waals surface area contributed by atoms with Crippen LogP contribution in [0.15, 0.2) is 53.4 Å². The fourth-order valence-corrected chi connectivity index (χ4v) is 8.51. The van der Waals surface area contributed by atoms with Gasteiger partial charge in [0, 0.05) is 6.54 Å². The minimum absolute atomic E-state index is 0.0136. The van der Waals surface area contributed by atoms with Gasteiger partial charge in [-0.05, 0) is 99.5 Å². The molecule has 1 heterocycles. The molecule has 39 heavy (non-hydrogen) atoms. The van der Waals surface area contributed by atoms with Crippen molar-refractivity contribution in [3.63, 3.8) is 0 Å². The summed E-state index contributed by atoms with van der Waals surface area (Å²) < 4.78 is 23.3. The summed E-state index contributed by atoms with van der Waals surface area (Å²) >= 11 is 0. The van der Waals surface area contributed by atoms with Crippen molar-refractivity contribution in [1.29, 1.82) is 0 Å². The Hall–Kier alpha value is -3.04. The summed E-state index contributed by atoms with van der Waals surface area (Å²) in [4.78, 5) is 44.4. The van der Waals surface area contributed by atoms with Crippen molar-refractivity contribution in [2.75, 3.05) is 11.4 Å². The van der Waals surface area contributed by atoms with E-state index in [0.717, 1.165) is 30.4 Å². The van der Waals surface area contributed by atoms with Crippen LogP contribution in [-0.2, 0) is 30.8 Å². The summed E-state index contributed by atoms with van der Waals surface area (Å²) in [6, 6.07) is 12.7. The molecule has 5 aliphatic rings. The summed E-state index contributed by atoms with van der Waals surface area (Å²) in [5, 5.41) is 5.24. The Labute approximate surface area is 229 Å². The molecule has 2 aromatic rings. The Morgan fingerprint density at radius 2 is 1.51 bits per heavy atom. The topological polar surface area (TPSA) is 118 Å². The number of hydrogen-bond acceptors (Lipinski definition) is 5. The Balaban J connectivity index is 1.29. The Morgan fingerprint density at radius 3 is 2.05 bits per heavy atom. The molecule has 0 aromatic heterocycles. The maximum Gasteiger partial charge on any atom is 0.257 e. The minimum atomic E-state index is -3.80. The van der Waals surface area contributed by atoms with E-state index in [1.165, 1.54) is 36.3 Å². The van der Waals surface area contributed by atoms with Gasteiger partial charge in [-0.2, -0.15) is 0 Å². The zero-order valence-corrected chi connectivity index (χ0v) is 23.0. The van der Waals surface area contributed by atoms with Crippen molar-refractivity contribution in [3.8, 4) is 0 Å². The van der Waals surface area contributed by atoms with E-state index in [4.69, 9.17) is 5.14 Å². The van der Waals surface area contributed by atoms with Crippen molar-refractivity contribution in [1.82, 2.24) is 4.90 Å². The Morgan fingerprint density at radius 1 is 0.949 bits per heavy atom. The quantitative estimate of drug-likeness (QED) is 0.530. The number of imide groups is 1. The maximum atomic E-state index is 14.5. The van der Waals surface area contributed by atoms with E-state index in [2.05, 4.69) is 0 Å². The number of nitrogens with two attached hydrogens (primary N) is 1.